The van der Waals surface area contributed by atoms with Crippen molar-refractivity contribution in [2.75, 3.05) is 32.8 Å². The molecule has 0 radical (unpaired) electrons. The van der Waals surface area contributed by atoms with Gasteiger partial charge in [-0.3, -0.25) is 4.90 Å². The average Bonchev–Trinajstić information content (AvgIpc) is 3.21. The van der Waals surface area contributed by atoms with Crippen molar-refractivity contribution in [1.29, 1.82) is 0 Å². The summed E-state index contributed by atoms with van der Waals surface area (Å²) in [7, 11) is 0. The first kappa shape index (κ1) is 16.8. The summed E-state index contributed by atoms with van der Waals surface area (Å²) in [5.74, 6) is 0.865. The largest absolute Gasteiger partial charge is 0.468 e. The lowest BCUT2D eigenvalue weighted by Crippen LogP contribution is -2.47. The topological polar surface area (TPSA) is 69.0 Å². The van der Waals surface area contributed by atoms with Gasteiger partial charge in [0.1, 0.15) is 5.76 Å². The molecule has 1 aliphatic rings. The highest BCUT2D eigenvalue weighted by Gasteiger charge is 2.29. The van der Waals surface area contributed by atoms with Crippen LogP contribution < -0.4 is 5.32 Å². The first-order valence-corrected chi connectivity index (χ1v) is 8.14. The number of aliphatic hydroxyl groups is 1. The number of furan rings is 1. The number of nitrogens with one attached hydrogen (secondary N) is 1. The molecule has 0 spiro atoms. The Balaban J connectivity index is 1.97. The molecule has 1 saturated heterocycles. The van der Waals surface area contributed by atoms with E-state index in [-0.39, 0.29) is 24.7 Å². The number of carbonyl (C=O) groups excluding carboxylic acids is 1. The van der Waals surface area contributed by atoms with E-state index in [2.05, 4.69) is 24.1 Å². The van der Waals surface area contributed by atoms with Gasteiger partial charge in [-0.05, 0) is 38.1 Å². The highest BCUT2D eigenvalue weighted by molar-refractivity contribution is 5.74. The summed E-state index contributed by atoms with van der Waals surface area (Å²) in [6.45, 7) is 7.23. The molecule has 1 unspecified atom stereocenters. The van der Waals surface area contributed by atoms with Crippen LogP contribution in [-0.4, -0.2) is 59.8 Å². The van der Waals surface area contributed by atoms with Crippen LogP contribution in [0.4, 0.5) is 4.79 Å². The minimum atomic E-state index is -0.0970. The zero-order valence-corrected chi connectivity index (χ0v) is 13.5. The lowest BCUT2D eigenvalue weighted by molar-refractivity contribution is 0.149. The van der Waals surface area contributed by atoms with E-state index in [1.807, 2.05) is 12.1 Å². The van der Waals surface area contributed by atoms with Crippen molar-refractivity contribution in [2.24, 2.45) is 0 Å². The molecule has 1 aromatic heterocycles. The number of hydrogen-bond donors (Lipinski definition) is 2. The van der Waals surface area contributed by atoms with Gasteiger partial charge in [-0.1, -0.05) is 13.8 Å². The minimum absolute atomic E-state index is 0.0316. The van der Waals surface area contributed by atoms with Crippen LogP contribution in [0.5, 0.6) is 0 Å². The van der Waals surface area contributed by atoms with Crippen molar-refractivity contribution in [3.05, 3.63) is 24.2 Å². The summed E-state index contributed by atoms with van der Waals surface area (Å²) in [5, 5.41) is 12.3. The zero-order chi connectivity index (χ0) is 15.9. The van der Waals surface area contributed by atoms with Crippen molar-refractivity contribution >= 4 is 6.03 Å². The number of likely N-dealkylation sites (N-methyl/N-ethyl adjacent to an activating group) is 1. The highest BCUT2D eigenvalue weighted by atomic mass is 16.3. The number of aliphatic hydroxyl groups excluding tert-OH is 1. The fourth-order valence-electron chi connectivity index (χ4n) is 3.13. The molecule has 2 atom stereocenters. The standard InChI is InChI=1S/C16H27N3O3/c1-3-18(4-2)14(15-8-6-10-22-15)11-17-16(21)19-9-5-7-13(19)12-20/h6,8,10,13-14,20H,3-5,7,9,11-12H2,1-2H3,(H,17,21)/t13-,14?/m0/s1. The third-order valence-electron chi connectivity index (χ3n) is 4.42. The Morgan fingerprint density at radius 2 is 2.32 bits per heavy atom. The van der Waals surface area contributed by atoms with Crippen LogP contribution in [0.2, 0.25) is 0 Å². The van der Waals surface area contributed by atoms with E-state index < -0.39 is 0 Å². The number of carbonyl (C=O) groups is 1. The minimum Gasteiger partial charge on any atom is -0.468 e. The van der Waals surface area contributed by atoms with Gasteiger partial charge in [-0.25, -0.2) is 4.79 Å². The Bertz CT molecular complexity index is 445. The third kappa shape index (κ3) is 3.81. The molecule has 0 aromatic carbocycles. The van der Waals surface area contributed by atoms with Crippen LogP contribution in [0.3, 0.4) is 0 Å². The number of rotatable bonds is 7. The van der Waals surface area contributed by atoms with Crippen LogP contribution >= 0.6 is 0 Å². The Morgan fingerprint density at radius 1 is 1.55 bits per heavy atom. The Morgan fingerprint density at radius 3 is 2.91 bits per heavy atom. The lowest BCUT2D eigenvalue weighted by atomic mass is 10.2. The van der Waals surface area contributed by atoms with E-state index in [4.69, 9.17) is 4.42 Å². The van der Waals surface area contributed by atoms with Crippen LogP contribution in [0.15, 0.2) is 22.8 Å². The zero-order valence-electron chi connectivity index (χ0n) is 13.5. The molecule has 6 nitrogen and oxygen atoms in total. The van der Waals surface area contributed by atoms with E-state index in [0.29, 0.717) is 13.1 Å². The molecule has 1 aliphatic heterocycles. The normalized spacial score (nSPS) is 19.6. The quantitative estimate of drug-likeness (QED) is 0.806. The summed E-state index contributed by atoms with van der Waals surface area (Å²) in [6, 6.07) is 3.71. The van der Waals surface area contributed by atoms with Crippen LogP contribution in [0.1, 0.15) is 38.5 Å². The molecular weight excluding hydrogens is 282 g/mol. The number of nitrogens with zero attached hydrogens (tertiary/aromatic N) is 2. The second kappa shape index (κ2) is 8.19. The molecule has 0 saturated carbocycles. The van der Waals surface area contributed by atoms with Gasteiger partial charge in [0.25, 0.3) is 0 Å². The first-order valence-electron chi connectivity index (χ1n) is 8.14. The molecule has 2 heterocycles. The Labute approximate surface area is 132 Å². The van der Waals surface area contributed by atoms with Gasteiger partial charge in [0, 0.05) is 13.1 Å². The predicted molar refractivity (Wildman–Crippen MR) is 84.6 cm³/mol. The summed E-state index contributed by atoms with van der Waals surface area (Å²) >= 11 is 0. The third-order valence-corrected chi connectivity index (χ3v) is 4.42. The van der Waals surface area contributed by atoms with Crippen molar-refractivity contribution in [3.63, 3.8) is 0 Å². The molecule has 2 amide bonds. The molecule has 1 fully saturated rings. The molecule has 22 heavy (non-hydrogen) atoms. The number of hydrogen-bond acceptors (Lipinski definition) is 4. The summed E-state index contributed by atoms with van der Waals surface area (Å²) < 4.78 is 5.53. The van der Waals surface area contributed by atoms with Crippen LogP contribution in [-0.2, 0) is 0 Å². The van der Waals surface area contributed by atoms with Crippen LogP contribution in [0.25, 0.3) is 0 Å². The second-order valence-corrected chi connectivity index (χ2v) is 5.61. The summed E-state index contributed by atoms with van der Waals surface area (Å²) in [5.41, 5.74) is 0. The fraction of sp³-hybridized carbons (Fsp3) is 0.688. The van der Waals surface area contributed by atoms with Gasteiger partial charge < -0.3 is 19.7 Å². The van der Waals surface area contributed by atoms with E-state index >= 15 is 0 Å². The van der Waals surface area contributed by atoms with Gasteiger partial charge in [0.15, 0.2) is 0 Å². The smallest absolute Gasteiger partial charge is 0.317 e. The summed E-state index contributed by atoms with van der Waals surface area (Å²) in [6.07, 6.45) is 3.49. The maximum absolute atomic E-state index is 12.3. The highest BCUT2D eigenvalue weighted by Crippen LogP contribution is 2.21. The van der Waals surface area contributed by atoms with Gasteiger partial charge in [0.2, 0.25) is 0 Å². The molecule has 0 bridgehead atoms. The molecular formula is C16H27N3O3. The average molecular weight is 309 g/mol. The molecule has 124 valence electrons. The van der Waals surface area contributed by atoms with E-state index in [1.54, 1.807) is 11.2 Å². The van der Waals surface area contributed by atoms with Gasteiger partial charge in [0.05, 0.1) is 25.0 Å². The van der Waals surface area contributed by atoms with E-state index in [9.17, 15) is 9.90 Å². The molecule has 2 N–H and O–H groups in total. The van der Waals surface area contributed by atoms with Gasteiger partial charge in [-0.2, -0.15) is 0 Å². The summed E-state index contributed by atoms with van der Waals surface area (Å²) in [4.78, 5) is 16.3. The van der Waals surface area contributed by atoms with Crippen molar-refractivity contribution < 1.29 is 14.3 Å². The molecule has 2 rings (SSSR count). The van der Waals surface area contributed by atoms with Crippen LogP contribution in [0, 0.1) is 0 Å². The van der Waals surface area contributed by atoms with Gasteiger partial charge in [-0.15, -0.1) is 0 Å². The maximum Gasteiger partial charge on any atom is 0.317 e. The van der Waals surface area contributed by atoms with E-state index in [1.165, 1.54) is 0 Å². The molecule has 6 heteroatoms. The van der Waals surface area contributed by atoms with Crippen molar-refractivity contribution in [1.82, 2.24) is 15.1 Å². The Hall–Kier alpha value is -1.53. The fourth-order valence-corrected chi connectivity index (χ4v) is 3.13. The Kier molecular flexibility index (Phi) is 6.27. The number of amides is 2. The van der Waals surface area contributed by atoms with Crippen molar-refractivity contribution in [3.8, 4) is 0 Å². The van der Waals surface area contributed by atoms with E-state index in [0.717, 1.165) is 31.7 Å². The lowest BCUT2D eigenvalue weighted by Gasteiger charge is -2.30. The maximum atomic E-state index is 12.3. The number of likely N-dealkylation sites (tertiary alicyclic amines) is 1. The second-order valence-electron chi connectivity index (χ2n) is 5.61. The predicted octanol–water partition coefficient (Wildman–Crippen LogP) is 1.83. The SMILES string of the molecule is CCN(CC)C(CNC(=O)N1CCC[C@H]1CO)c1ccco1. The van der Waals surface area contributed by atoms with Gasteiger partial charge >= 0.3 is 6.03 Å². The molecule has 1 aromatic rings. The first-order chi connectivity index (χ1) is 10.7. The number of urea groups is 1. The monoisotopic (exact) mass is 309 g/mol. The molecule has 0 aliphatic carbocycles. The van der Waals surface area contributed by atoms with Crippen molar-refractivity contribution in [2.45, 2.75) is 38.8 Å².